The van der Waals surface area contributed by atoms with Crippen LogP contribution in [0.3, 0.4) is 0 Å². The fourth-order valence-corrected chi connectivity index (χ4v) is 3.33. The van der Waals surface area contributed by atoms with E-state index in [4.69, 9.17) is 0 Å². The van der Waals surface area contributed by atoms with Crippen LogP contribution < -0.4 is 0 Å². The minimum Gasteiger partial charge on any atom is -0.0532 e. The molecule has 0 unspecified atom stereocenters. The summed E-state index contributed by atoms with van der Waals surface area (Å²) in [5.41, 5.74) is 3.21. The van der Waals surface area contributed by atoms with Gasteiger partial charge in [0, 0.05) is 0 Å². The highest BCUT2D eigenvalue weighted by Gasteiger charge is 2.09. The van der Waals surface area contributed by atoms with E-state index in [-0.39, 0.29) is 7.55 Å². The summed E-state index contributed by atoms with van der Waals surface area (Å²) in [4.78, 5) is 0. The topological polar surface area (TPSA) is 0 Å². The Balaban J connectivity index is 2.37. The van der Waals surface area contributed by atoms with Crippen LogP contribution in [0.1, 0.15) is 38.5 Å². The second kappa shape index (κ2) is 5.58. The van der Waals surface area contributed by atoms with E-state index in [0.717, 1.165) is 0 Å². The van der Waals surface area contributed by atoms with E-state index in [0.29, 0.717) is 0 Å². The van der Waals surface area contributed by atoms with Crippen molar-refractivity contribution in [3.63, 3.8) is 0 Å². The standard InChI is InChI=1S/C10H18P/c1-2-11-9-7-5-3-4-6-8-10-11/h1,3-10H2/q+1. The molecule has 1 heterocycles. The predicted octanol–water partition coefficient (Wildman–Crippen LogP) is 3.41. The Labute approximate surface area is 71.1 Å². The van der Waals surface area contributed by atoms with Gasteiger partial charge in [0.05, 0.1) is 5.45 Å². The third-order valence-corrected chi connectivity index (χ3v) is 4.49. The lowest BCUT2D eigenvalue weighted by Gasteiger charge is -1.92. The molecule has 0 nitrogen and oxygen atoms in total. The Kier molecular flexibility index (Phi) is 4.59. The summed E-state index contributed by atoms with van der Waals surface area (Å²) in [6.45, 7) is 3.79. The van der Waals surface area contributed by atoms with Crippen molar-refractivity contribution >= 4 is 13.0 Å². The summed E-state index contributed by atoms with van der Waals surface area (Å²) in [6.07, 6.45) is 11.5. The first-order valence-corrected chi connectivity index (χ1v) is 6.42. The first kappa shape index (κ1) is 9.04. The molecule has 1 aliphatic rings. The van der Waals surface area contributed by atoms with E-state index < -0.39 is 0 Å². The molecule has 1 saturated heterocycles. The summed E-state index contributed by atoms with van der Waals surface area (Å²) in [5, 5.41) is 0. The molecular weight excluding hydrogens is 151 g/mol. The molecule has 0 spiro atoms. The van der Waals surface area contributed by atoms with Crippen molar-refractivity contribution < 1.29 is 0 Å². The van der Waals surface area contributed by atoms with Gasteiger partial charge in [-0.1, -0.05) is 12.8 Å². The van der Waals surface area contributed by atoms with Crippen LogP contribution in [0.15, 0.2) is 6.58 Å². The maximum absolute atomic E-state index is 3.79. The van der Waals surface area contributed by atoms with Crippen molar-refractivity contribution in [1.29, 1.82) is 0 Å². The molecule has 62 valence electrons. The highest BCUT2D eigenvalue weighted by Crippen LogP contribution is 2.27. The molecule has 0 amide bonds. The lowest BCUT2D eigenvalue weighted by atomic mass is 10.1. The van der Waals surface area contributed by atoms with Crippen LogP contribution in [0.25, 0.3) is 0 Å². The van der Waals surface area contributed by atoms with Crippen molar-refractivity contribution in [2.45, 2.75) is 38.5 Å². The highest BCUT2D eigenvalue weighted by atomic mass is 31.1. The fourth-order valence-electron chi connectivity index (χ4n) is 1.58. The molecule has 0 aliphatic carbocycles. The van der Waals surface area contributed by atoms with Gasteiger partial charge in [-0.2, -0.15) is 0 Å². The van der Waals surface area contributed by atoms with Gasteiger partial charge in [0.2, 0.25) is 0 Å². The smallest absolute Gasteiger partial charge is 0.0532 e. The molecular formula is C10H18P+. The molecule has 0 aromatic rings. The molecule has 1 heteroatoms. The van der Waals surface area contributed by atoms with Crippen LogP contribution in [0.2, 0.25) is 0 Å². The van der Waals surface area contributed by atoms with Gasteiger partial charge in [0.25, 0.3) is 0 Å². The van der Waals surface area contributed by atoms with Crippen molar-refractivity contribution in [2.75, 3.05) is 12.3 Å². The van der Waals surface area contributed by atoms with Crippen LogP contribution in [-0.4, -0.2) is 17.8 Å². The number of rotatable bonds is 0. The normalized spacial score (nSPS) is 21.3. The van der Waals surface area contributed by atoms with Crippen LogP contribution in [0.4, 0.5) is 0 Å². The summed E-state index contributed by atoms with van der Waals surface area (Å²) in [6, 6.07) is 0. The molecule has 0 saturated carbocycles. The van der Waals surface area contributed by atoms with E-state index in [1.165, 1.54) is 50.8 Å². The van der Waals surface area contributed by atoms with Crippen molar-refractivity contribution in [3.8, 4) is 0 Å². The molecule has 0 N–H and O–H groups in total. The maximum Gasteiger partial charge on any atom is 0.144 e. The van der Waals surface area contributed by atoms with E-state index in [1.54, 1.807) is 0 Å². The van der Waals surface area contributed by atoms with Crippen molar-refractivity contribution in [2.24, 2.45) is 0 Å². The third-order valence-electron chi connectivity index (χ3n) is 2.33. The Morgan fingerprint density at radius 2 is 1.27 bits per heavy atom. The summed E-state index contributed by atoms with van der Waals surface area (Å²) in [5.74, 6) is 0. The van der Waals surface area contributed by atoms with Gasteiger partial charge in [0.1, 0.15) is 19.9 Å². The maximum atomic E-state index is 3.79. The Morgan fingerprint density at radius 1 is 0.818 bits per heavy atom. The van der Waals surface area contributed by atoms with Gasteiger partial charge in [-0.05, 0) is 32.3 Å². The van der Waals surface area contributed by atoms with Gasteiger partial charge < -0.3 is 0 Å². The third kappa shape index (κ3) is 3.75. The second-order valence-corrected chi connectivity index (χ2v) is 5.56. The van der Waals surface area contributed by atoms with E-state index in [9.17, 15) is 0 Å². The molecule has 0 aromatic heterocycles. The van der Waals surface area contributed by atoms with E-state index in [1.807, 2.05) is 0 Å². The van der Waals surface area contributed by atoms with Crippen LogP contribution in [-0.2, 0) is 0 Å². The monoisotopic (exact) mass is 169 g/mol. The minimum atomic E-state index is 0.109. The van der Waals surface area contributed by atoms with Gasteiger partial charge in [-0.3, -0.25) is 0 Å². The van der Waals surface area contributed by atoms with Crippen LogP contribution >= 0.6 is 7.55 Å². The zero-order chi connectivity index (χ0) is 7.94. The largest absolute Gasteiger partial charge is 0.144 e. The highest BCUT2D eigenvalue weighted by molar-refractivity contribution is 7.56. The van der Waals surface area contributed by atoms with Crippen LogP contribution in [0.5, 0.6) is 0 Å². The Morgan fingerprint density at radius 3 is 1.73 bits per heavy atom. The van der Waals surface area contributed by atoms with Gasteiger partial charge >= 0.3 is 0 Å². The Bertz CT molecular complexity index is 142. The predicted molar refractivity (Wildman–Crippen MR) is 55.0 cm³/mol. The summed E-state index contributed by atoms with van der Waals surface area (Å²) >= 11 is 0. The molecule has 1 fully saturated rings. The first-order valence-electron chi connectivity index (χ1n) is 4.71. The lowest BCUT2D eigenvalue weighted by Crippen LogP contribution is -1.82. The van der Waals surface area contributed by atoms with E-state index >= 15 is 0 Å². The SMILES string of the molecule is C=C=[P+]1CCCCCCCC1. The Hall–Kier alpha value is -0.0500. The van der Waals surface area contributed by atoms with Gasteiger partial charge in [-0.15, -0.1) is 0 Å². The van der Waals surface area contributed by atoms with Gasteiger partial charge in [0.15, 0.2) is 0 Å². The van der Waals surface area contributed by atoms with E-state index in [2.05, 4.69) is 12.0 Å². The molecule has 0 bridgehead atoms. The molecule has 1 aliphatic heterocycles. The van der Waals surface area contributed by atoms with Gasteiger partial charge in [-0.25, -0.2) is 0 Å². The molecule has 0 aromatic carbocycles. The second-order valence-electron chi connectivity index (χ2n) is 3.27. The molecule has 11 heavy (non-hydrogen) atoms. The minimum absolute atomic E-state index is 0.109. The zero-order valence-corrected chi connectivity index (χ0v) is 8.21. The van der Waals surface area contributed by atoms with Crippen LogP contribution in [0, 0.1) is 0 Å². The zero-order valence-electron chi connectivity index (χ0n) is 7.31. The van der Waals surface area contributed by atoms with Crippen molar-refractivity contribution in [3.05, 3.63) is 6.58 Å². The first-order chi connectivity index (χ1) is 5.43. The molecule has 1 rings (SSSR count). The average Bonchev–Trinajstić information content (AvgIpc) is 2.16. The average molecular weight is 169 g/mol. The summed E-state index contributed by atoms with van der Waals surface area (Å²) in [7, 11) is 0.109. The molecule has 0 atom stereocenters. The number of hydrogen-bond donors (Lipinski definition) is 0. The number of hydrogen-bond acceptors (Lipinski definition) is 0. The lowest BCUT2D eigenvalue weighted by molar-refractivity contribution is 0.636. The summed E-state index contributed by atoms with van der Waals surface area (Å²) < 4.78 is 0. The fraction of sp³-hybridized carbons (Fsp3) is 0.800. The molecule has 0 radical (unpaired) electrons. The van der Waals surface area contributed by atoms with Crippen molar-refractivity contribution in [1.82, 2.24) is 0 Å². The quantitative estimate of drug-likeness (QED) is 0.487.